The van der Waals surface area contributed by atoms with Crippen molar-refractivity contribution in [3.63, 3.8) is 0 Å². The first-order valence-electron chi connectivity index (χ1n) is 6.11. The maximum Gasteiger partial charge on any atom is 0.304 e. The Morgan fingerprint density at radius 2 is 2.17 bits per heavy atom. The van der Waals surface area contributed by atoms with Crippen LogP contribution in [-0.2, 0) is 16.6 Å². The van der Waals surface area contributed by atoms with Crippen molar-refractivity contribution in [2.45, 2.75) is 38.0 Å². The maximum atomic E-state index is 13.6. The third-order valence-electron chi connectivity index (χ3n) is 3.66. The molecule has 3 nitrogen and oxygen atoms in total. The van der Waals surface area contributed by atoms with E-state index in [0.29, 0.717) is 12.2 Å². The number of hydrogen-bond acceptors (Lipinski definition) is 2. The molecule has 0 bridgehead atoms. The van der Waals surface area contributed by atoms with Gasteiger partial charge in [-0.05, 0) is 36.5 Å². The van der Waals surface area contributed by atoms with Crippen molar-refractivity contribution in [1.29, 1.82) is 0 Å². The Balaban J connectivity index is 2.49. The standard InChI is InChI=1S/C14H17FO3/c1-3-10-11(6-9(15)7-12(10)18-2)14(4-5-14)8-13(16)17/h6-7H,3-5,8H2,1-2H3,(H,16,17). The summed E-state index contributed by atoms with van der Waals surface area (Å²) in [4.78, 5) is 10.9. The van der Waals surface area contributed by atoms with Gasteiger partial charge in [-0.3, -0.25) is 4.79 Å². The van der Waals surface area contributed by atoms with Gasteiger partial charge in [0.15, 0.2) is 0 Å². The second-order valence-electron chi connectivity index (χ2n) is 4.84. The van der Waals surface area contributed by atoms with Crippen LogP contribution in [0, 0.1) is 5.82 Å². The van der Waals surface area contributed by atoms with Crippen LogP contribution in [0.15, 0.2) is 12.1 Å². The lowest BCUT2D eigenvalue weighted by Gasteiger charge is -2.20. The third kappa shape index (κ3) is 2.19. The Bertz CT molecular complexity index is 478. The Kier molecular flexibility index (Phi) is 3.28. The number of hydrogen-bond donors (Lipinski definition) is 1. The highest BCUT2D eigenvalue weighted by molar-refractivity contribution is 5.70. The SMILES string of the molecule is CCc1c(OC)cc(F)cc1C1(CC(=O)O)CC1. The van der Waals surface area contributed by atoms with Gasteiger partial charge >= 0.3 is 5.97 Å². The van der Waals surface area contributed by atoms with Crippen LogP contribution in [0.4, 0.5) is 4.39 Å². The van der Waals surface area contributed by atoms with E-state index in [1.54, 1.807) is 0 Å². The molecule has 0 spiro atoms. The summed E-state index contributed by atoms with van der Waals surface area (Å²) in [6, 6.07) is 2.83. The number of aliphatic carboxylic acids is 1. The first-order valence-corrected chi connectivity index (χ1v) is 6.11. The summed E-state index contributed by atoms with van der Waals surface area (Å²) in [7, 11) is 1.51. The van der Waals surface area contributed by atoms with Crippen LogP contribution < -0.4 is 4.74 Å². The molecule has 0 amide bonds. The van der Waals surface area contributed by atoms with E-state index in [2.05, 4.69) is 0 Å². The summed E-state index contributed by atoms with van der Waals surface area (Å²) in [5, 5.41) is 8.98. The van der Waals surface area contributed by atoms with Gasteiger partial charge < -0.3 is 9.84 Å². The molecule has 1 saturated carbocycles. The van der Waals surface area contributed by atoms with Crippen molar-refractivity contribution in [2.75, 3.05) is 7.11 Å². The smallest absolute Gasteiger partial charge is 0.304 e. The fourth-order valence-electron chi connectivity index (χ4n) is 2.61. The zero-order chi connectivity index (χ0) is 13.3. The van der Waals surface area contributed by atoms with Crippen molar-refractivity contribution < 1.29 is 19.0 Å². The number of halogens is 1. The molecule has 4 heteroatoms. The maximum absolute atomic E-state index is 13.6. The predicted molar refractivity (Wildman–Crippen MR) is 65.5 cm³/mol. The summed E-state index contributed by atoms with van der Waals surface area (Å²) >= 11 is 0. The van der Waals surface area contributed by atoms with E-state index in [9.17, 15) is 9.18 Å². The van der Waals surface area contributed by atoms with Gasteiger partial charge in [0.25, 0.3) is 0 Å². The number of carboxylic acids is 1. The lowest BCUT2D eigenvalue weighted by Crippen LogP contribution is -2.16. The molecular formula is C14H17FO3. The molecule has 18 heavy (non-hydrogen) atoms. The molecule has 1 aliphatic rings. The molecule has 2 rings (SSSR count). The molecule has 0 saturated heterocycles. The lowest BCUT2D eigenvalue weighted by molar-refractivity contribution is -0.137. The average Bonchev–Trinajstić information content (AvgIpc) is 3.07. The Morgan fingerprint density at radius 3 is 2.61 bits per heavy atom. The number of benzene rings is 1. The topological polar surface area (TPSA) is 46.5 Å². The zero-order valence-electron chi connectivity index (χ0n) is 10.6. The minimum Gasteiger partial charge on any atom is -0.496 e. The minimum absolute atomic E-state index is 0.0621. The summed E-state index contributed by atoms with van der Waals surface area (Å²) in [6.07, 6.45) is 2.38. The number of rotatable bonds is 5. The highest BCUT2D eigenvalue weighted by atomic mass is 19.1. The average molecular weight is 252 g/mol. The molecular weight excluding hydrogens is 235 g/mol. The molecule has 1 aromatic carbocycles. The summed E-state index contributed by atoms with van der Waals surface area (Å²) in [5.41, 5.74) is 1.36. The third-order valence-corrected chi connectivity index (χ3v) is 3.66. The molecule has 1 fully saturated rings. The first-order chi connectivity index (χ1) is 8.52. The van der Waals surface area contributed by atoms with Gasteiger partial charge in [0.1, 0.15) is 11.6 Å². The van der Waals surface area contributed by atoms with Crippen molar-refractivity contribution in [2.24, 2.45) is 0 Å². The van der Waals surface area contributed by atoms with Gasteiger partial charge in [-0.25, -0.2) is 4.39 Å². The lowest BCUT2D eigenvalue weighted by atomic mass is 9.87. The number of ether oxygens (including phenoxy) is 1. The normalized spacial score (nSPS) is 16.4. The molecule has 1 aromatic rings. The molecule has 98 valence electrons. The fourth-order valence-corrected chi connectivity index (χ4v) is 2.61. The zero-order valence-corrected chi connectivity index (χ0v) is 10.6. The molecule has 0 unspecified atom stereocenters. The van der Waals surface area contributed by atoms with E-state index in [-0.39, 0.29) is 17.7 Å². The van der Waals surface area contributed by atoms with E-state index in [1.165, 1.54) is 19.2 Å². The van der Waals surface area contributed by atoms with Gasteiger partial charge in [-0.15, -0.1) is 0 Å². The molecule has 0 radical (unpaired) electrons. The minimum atomic E-state index is -0.835. The number of carbonyl (C=O) groups is 1. The fraction of sp³-hybridized carbons (Fsp3) is 0.500. The molecule has 0 aliphatic heterocycles. The van der Waals surface area contributed by atoms with E-state index in [1.807, 2.05) is 6.92 Å². The van der Waals surface area contributed by atoms with Crippen LogP contribution in [0.5, 0.6) is 5.75 Å². The van der Waals surface area contributed by atoms with Gasteiger partial charge in [0.2, 0.25) is 0 Å². The van der Waals surface area contributed by atoms with E-state index in [4.69, 9.17) is 9.84 Å². The monoisotopic (exact) mass is 252 g/mol. The van der Waals surface area contributed by atoms with Crippen LogP contribution in [-0.4, -0.2) is 18.2 Å². The van der Waals surface area contributed by atoms with E-state index in [0.717, 1.165) is 24.0 Å². The van der Waals surface area contributed by atoms with Crippen molar-refractivity contribution in [3.05, 3.63) is 29.1 Å². The van der Waals surface area contributed by atoms with E-state index < -0.39 is 5.97 Å². The summed E-state index contributed by atoms with van der Waals surface area (Å²) in [6.45, 7) is 1.97. The van der Waals surface area contributed by atoms with Gasteiger partial charge in [0, 0.05) is 11.5 Å². The molecule has 0 atom stereocenters. The Labute approximate surface area is 106 Å². The van der Waals surface area contributed by atoms with Gasteiger partial charge in [-0.1, -0.05) is 6.92 Å². The van der Waals surface area contributed by atoms with Crippen LogP contribution in [0.1, 0.15) is 37.3 Å². The molecule has 1 aliphatic carbocycles. The number of carboxylic acid groups (broad SMARTS) is 1. The second kappa shape index (κ2) is 4.59. The predicted octanol–water partition coefficient (Wildman–Crippen LogP) is 2.90. The first kappa shape index (κ1) is 12.9. The van der Waals surface area contributed by atoms with Crippen molar-refractivity contribution in [1.82, 2.24) is 0 Å². The van der Waals surface area contributed by atoms with E-state index >= 15 is 0 Å². The van der Waals surface area contributed by atoms with Crippen molar-refractivity contribution in [3.8, 4) is 5.75 Å². The van der Waals surface area contributed by atoms with Gasteiger partial charge in [0.05, 0.1) is 13.5 Å². The highest BCUT2D eigenvalue weighted by Crippen LogP contribution is 2.53. The molecule has 0 heterocycles. The summed E-state index contributed by atoms with van der Waals surface area (Å²) < 4.78 is 18.8. The highest BCUT2D eigenvalue weighted by Gasteiger charge is 2.47. The van der Waals surface area contributed by atoms with Crippen LogP contribution in [0.25, 0.3) is 0 Å². The van der Waals surface area contributed by atoms with Crippen molar-refractivity contribution >= 4 is 5.97 Å². The second-order valence-corrected chi connectivity index (χ2v) is 4.84. The number of methoxy groups -OCH3 is 1. The largest absolute Gasteiger partial charge is 0.496 e. The summed E-state index contributed by atoms with van der Waals surface area (Å²) in [5.74, 6) is -0.683. The van der Waals surface area contributed by atoms with Crippen LogP contribution in [0.3, 0.4) is 0 Å². The molecule has 0 aromatic heterocycles. The Morgan fingerprint density at radius 1 is 1.50 bits per heavy atom. The molecule has 1 N–H and O–H groups in total. The van der Waals surface area contributed by atoms with Crippen LogP contribution >= 0.6 is 0 Å². The van der Waals surface area contributed by atoms with Crippen LogP contribution in [0.2, 0.25) is 0 Å². The quantitative estimate of drug-likeness (QED) is 0.876. The Hall–Kier alpha value is -1.58. The van der Waals surface area contributed by atoms with Gasteiger partial charge in [-0.2, -0.15) is 0 Å².